The van der Waals surface area contributed by atoms with Crippen LogP contribution in [0.15, 0.2) is 0 Å². The number of carbonyl (C=O) groups is 1. The van der Waals surface area contributed by atoms with Crippen LogP contribution in [0, 0.1) is 0 Å². The summed E-state index contributed by atoms with van der Waals surface area (Å²) in [5, 5.41) is 0. The molecule has 4 nitrogen and oxygen atoms in total. The third kappa shape index (κ3) is 4.42. The summed E-state index contributed by atoms with van der Waals surface area (Å²) < 4.78 is 221. The molecule has 0 atom stereocenters. The zero-order valence-corrected chi connectivity index (χ0v) is 14.0. The van der Waals surface area contributed by atoms with Crippen molar-refractivity contribution in [2.24, 2.45) is 0 Å². The van der Waals surface area contributed by atoms with E-state index in [9.17, 15) is 79.1 Å². The van der Waals surface area contributed by atoms with Gasteiger partial charge in [-0.15, -0.1) is 0 Å². The summed E-state index contributed by atoms with van der Waals surface area (Å²) >= 11 is 0. The second-order valence-electron chi connectivity index (χ2n) is 5.52. The molecular weight excluding hydrogens is 501 g/mol. The van der Waals surface area contributed by atoms with E-state index in [0.717, 1.165) is 0 Å². The van der Waals surface area contributed by atoms with Crippen molar-refractivity contribution >= 4 is 15.9 Å². The summed E-state index contributed by atoms with van der Waals surface area (Å²) in [5.41, 5.74) is 0. The van der Waals surface area contributed by atoms with Gasteiger partial charge in [-0.2, -0.15) is 74.3 Å². The fourth-order valence-corrected chi connectivity index (χ4v) is 2.12. The molecule has 0 rings (SSSR count). The number of Topliss-reactive ketones (excluding diaryl/α,β-unsaturated/α-hetero) is 1. The van der Waals surface area contributed by atoms with E-state index in [1.54, 1.807) is 0 Å². The molecule has 0 bridgehead atoms. The molecule has 0 aliphatic heterocycles. The number of alkyl halides is 15. The van der Waals surface area contributed by atoms with Crippen LogP contribution < -0.4 is 0 Å². The van der Waals surface area contributed by atoms with E-state index in [2.05, 4.69) is 0 Å². The SMILES string of the molecule is O=C(CC(F)(F)C(F)(F)C(F)(F)C(F)(F)C(F)(F)C(F)(F)C(F)(F)F)CS(=O)(=O)O. The number of halogens is 15. The Hall–Kier alpha value is -1.47. The summed E-state index contributed by atoms with van der Waals surface area (Å²) in [6, 6.07) is 0. The van der Waals surface area contributed by atoms with Gasteiger partial charge >= 0.3 is 41.7 Å². The van der Waals surface area contributed by atoms with Crippen molar-refractivity contribution in [2.75, 3.05) is 5.75 Å². The maximum Gasteiger partial charge on any atom is 0.460 e. The normalized spacial score (nSPS) is 16.0. The molecule has 0 amide bonds. The van der Waals surface area contributed by atoms with E-state index in [-0.39, 0.29) is 0 Å². The first-order valence-corrected chi connectivity index (χ1v) is 8.01. The van der Waals surface area contributed by atoms with Crippen molar-refractivity contribution in [2.45, 2.75) is 48.1 Å². The predicted octanol–water partition coefficient (Wildman–Crippen LogP) is 4.21. The third-order valence-electron chi connectivity index (χ3n) is 3.16. The van der Waals surface area contributed by atoms with Gasteiger partial charge in [0, 0.05) is 0 Å². The molecule has 0 saturated carbocycles. The average molecular weight is 506 g/mol. The zero-order chi connectivity index (χ0) is 25.0. The standard InChI is InChI=1S/C10H5F15O4S/c11-4(12,1-3(26)2-30(27,28)29)5(13,14)6(15,16)7(17,18)8(19,20)9(21,22)10(23,24)25/h1-2H2,(H,27,28,29). The first kappa shape index (κ1) is 28.5. The zero-order valence-electron chi connectivity index (χ0n) is 13.2. The summed E-state index contributed by atoms with van der Waals surface area (Å²) in [7, 11) is -5.57. The minimum atomic E-state index is -8.50. The van der Waals surface area contributed by atoms with Crippen LogP contribution in [-0.4, -0.2) is 66.2 Å². The maximum absolute atomic E-state index is 13.3. The van der Waals surface area contributed by atoms with Gasteiger partial charge in [-0.1, -0.05) is 0 Å². The molecule has 1 N–H and O–H groups in total. The van der Waals surface area contributed by atoms with Crippen LogP contribution in [0.2, 0.25) is 0 Å². The monoisotopic (exact) mass is 506 g/mol. The molecule has 0 aromatic heterocycles. The van der Waals surface area contributed by atoms with E-state index in [1.165, 1.54) is 0 Å². The van der Waals surface area contributed by atoms with E-state index in [1.807, 2.05) is 0 Å². The molecule has 0 aromatic carbocycles. The molecule has 0 unspecified atom stereocenters. The molecule has 20 heteroatoms. The lowest BCUT2D eigenvalue weighted by Gasteiger charge is -2.41. The van der Waals surface area contributed by atoms with E-state index < -0.39 is 69.8 Å². The highest BCUT2D eigenvalue weighted by Crippen LogP contribution is 2.62. The van der Waals surface area contributed by atoms with Crippen molar-refractivity contribution in [3.05, 3.63) is 0 Å². The predicted molar refractivity (Wildman–Crippen MR) is 61.8 cm³/mol. The molecule has 0 heterocycles. The fourth-order valence-electron chi connectivity index (χ4n) is 1.61. The van der Waals surface area contributed by atoms with Crippen LogP contribution in [0.25, 0.3) is 0 Å². The quantitative estimate of drug-likeness (QED) is 0.376. The van der Waals surface area contributed by atoms with Gasteiger partial charge in [-0.05, 0) is 0 Å². The van der Waals surface area contributed by atoms with Crippen LogP contribution in [-0.2, 0) is 14.9 Å². The molecule has 0 aromatic rings. The van der Waals surface area contributed by atoms with Gasteiger partial charge in [0.2, 0.25) is 0 Å². The highest BCUT2D eigenvalue weighted by molar-refractivity contribution is 7.86. The Bertz CT molecular complexity index is 767. The van der Waals surface area contributed by atoms with Gasteiger partial charge in [0.1, 0.15) is 5.75 Å². The number of hydrogen-bond donors (Lipinski definition) is 1. The second kappa shape index (κ2) is 7.30. The lowest BCUT2D eigenvalue weighted by atomic mass is 9.89. The smallest absolute Gasteiger partial charge is 0.298 e. The Balaban J connectivity index is 6.38. The van der Waals surface area contributed by atoms with Gasteiger partial charge in [-0.3, -0.25) is 9.35 Å². The Morgan fingerprint density at radius 2 is 0.900 bits per heavy atom. The van der Waals surface area contributed by atoms with Gasteiger partial charge in [0.05, 0.1) is 6.42 Å². The van der Waals surface area contributed by atoms with Crippen molar-refractivity contribution in [3.63, 3.8) is 0 Å². The summed E-state index contributed by atoms with van der Waals surface area (Å²) in [4.78, 5) is 10.8. The maximum atomic E-state index is 13.3. The van der Waals surface area contributed by atoms with Crippen LogP contribution >= 0.6 is 0 Å². The van der Waals surface area contributed by atoms with E-state index >= 15 is 0 Å². The van der Waals surface area contributed by atoms with Crippen LogP contribution in [0.4, 0.5) is 65.9 Å². The Morgan fingerprint density at radius 3 is 1.20 bits per heavy atom. The van der Waals surface area contributed by atoms with Gasteiger partial charge < -0.3 is 0 Å². The second-order valence-corrected chi connectivity index (χ2v) is 6.97. The van der Waals surface area contributed by atoms with E-state index in [4.69, 9.17) is 4.55 Å². The molecule has 0 aliphatic carbocycles. The highest BCUT2D eigenvalue weighted by Gasteiger charge is 2.93. The number of rotatable bonds is 9. The van der Waals surface area contributed by atoms with Crippen molar-refractivity contribution in [1.82, 2.24) is 0 Å². The summed E-state index contributed by atoms with van der Waals surface area (Å²) in [6.07, 6.45) is -11.2. The number of hydrogen-bond acceptors (Lipinski definition) is 3. The molecule has 0 fully saturated rings. The number of carbonyl (C=O) groups excluding carboxylic acids is 1. The summed E-state index contributed by atoms with van der Waals surface area (Å²) in [6.45, 7) is 0. The highest BCUT2D eigenvalue weighted by atomic mass is 32.2. The average Bonchev–Trinajstić information content (AvgIpc) is 2.41. The topological polar surface area (TPSA) is 71.4 Å². The minimum Gasteiger partial charge on any atom is -0.298 e. The van der Waals surface area contributed by atoms with Gasteiger partial charge in [0.25, 0.3) is 10.1 Å². The largest absolute Gasteiger partial charge is 0.460 e. The van der Waals surface area contributed by atoms with Crippen molar-refractivity contribution in [3.8, 4) is 0 Å². The van der Waals surface area contributed by atoms with Crippen molar-refractivity contribution in [1.29, 1.82) is 0 Å². The lowest BCUT2D eigenvalue weighted by molar-refractivity contribution is -0.452. The fraction of sp³-hybridized carbons (Fsp3) is 0.900. The molecule has 30 heavy (non-hydrogen) atoms. The lowest BCUT2D eigenvalue weighted by Crippen LogP contribution is -2.72. The number of ketones is 1. The van der Waals surface area contributed by atoms with Crippen LogP contribution in [0.1, 0.15) is 6.42 Å². The Kier molecular flexibility index (Phi) is 6.94. The molecule has 0 spiro atoms. The molecule has 0 aliphatic rings. The van der Waals surface area contributed by atoms with Crippen LogP contribution in [0.5, 0.6) is 0 Å². The Labute approximate surface area is 154 Å². The van der Waals surface area contributed by atoms with Gasteiger partial charge in [0.15, 0.2) is 5.78 Å². The molecule has 0 radical (unpaired) electrons. The van der Waals surface area contributed by atoms with Crippen LogP contribution in [0.3, 0.4) is 0 Å². The summed E-state index contributed by atoms with van der Waals surface area (Å²) in [5.74, 6) is -53.5. The minimum absolute atomic E-state index is 2.48. The van der Waals surface area contributed by atoms with Crippen molar-refractivity contribution < 1.29 is 83.6 Å². The third-order valence-corrected chi connectivity index (χ3v) is 3.84. The van der Waals surface area contributed by atoms with E-state index in [0.29, 0.717) is 0 Å². The first-order chi connectivity index (χ1) is 12.6. The molecule has 180 valence electrons. The first-order valence-electron chi connectivity index (χ1n) is 6.40. The molecular formula is C10H5F15O4S. The Morgan fingerprint density at radius 1 is 0.600 bits per heavy atom. The molecule has 0 saturated heterocycles. The van der Waals surface area contributed by atoms with Gasteiger partial charge in [-0.25, -0.2) is 0 Å².